The van der Waals surface area contributed by atoms with Gasteiger partial charge in [-0.3, -0.25) is 4.79 Å². The van der Waals surface area contributed by atoms with Gasteiger partial charge in [0.2, 0.25) is 0 Å². The van der Waals surface area contributed by atoms with Crippen molar-refractivity contribution in [2.45, 2.75) is 89.4 Å². The molecule has 1 aromatic carbocycles. The number of esters is 1. The van der Waals surface area contributed by atoms with Gasteiger partial charge < -0.3 is 14.0 Å². The predicted molar refractivity (Wildman–Crippen MR) is 119 cm³/mol. The Morgan fingerprint density at radius 3 is 2.57 bits per heavy atom. The molecule has 2 aromatic rings. The second-order valence-electron chi connectivity index (χ2n) is 10.0. The van der Waals surface area contributed by atoms with E-state index in [1.165, 1.54) is 22.0 Å². The number of nitrogens with zero attached hydrogens (tertiary/aromatic N) is 1. The highest BCUT2D eigenvalue weighted by molar-refractivity contribution is 5.89. The minimum atomic E-state index is 0.0482. The Labute approximate surface area is 179 Å². The molecule has 0 amide bonds. The highest BCUT2D eigenvalue weighted by atomic mass is 16.5. The summed E-state index contributed by atoms with van der Waals surface area (Å²) in [6, 6.07) is 7.24. The van der Waals surface area contributed by atoms with Crippen molar-refractivity contribution in [3.63, 3.8) is 0 Å². The number of carbonyl (C=O) groups is 1. The normalized spacial score (nSPS) is 31.0. The summed E-state index contributed by atoms with van der Waals surface area (Å²) in [5, 5.41) is 1.46. The fourth-order valence-corrected chi connectivity index (χ4v) is 6.32. The quantitative estimate of drug-likeness (QED) is 0.601. The van der Waals surface area contributed by atoms with E-state index in [1.807, 2.05) is 0 Å². The lowest BCUT2D eigenvalue weighted by atomic mass is 9.66. The number of hydrogen-bond donors (Lipinski definition) is 0. The van der Waals surface area contributed by atoms with Gasteiger partial charge in [-0.25, -0.2) is 0 Å². The monoisotopic (exact) mass is 409 g/mol. The molecule has 3 aliphatic carbocycles. The molecule has 4 heteroatoms. The Kier molecular flexibility index (Phi) is 5.38. The maximum Gasteiger partial charge on any atom is 0.309 e. The maximum absolute atomic E-state index is 13.0. The smallest absolute Gasteiger partial charge is 0.309 e. The Hall–Kier alpha value is -1.81. The van der Waals surface area contributed by atoms with Crippen LogP contribution in [0.5, 0.6) is 0 Å². The van der Waals surface area contributed by atoms with Gasteiger partial charge in [0, 0.05) is 30.3 Å². The average Bonchev–Trinajstić information content (AvgIpc) is 3.14. The zero-order valence-corrected chi connectivity index (χ0v) is 18.6. The minimum Gasteiger partial charge on any atom is -0.462 e. The van der Waals surface area contributed by atoms with E-state index in [-0.39, 0.29) is 18.0 Å². The molecule has 1 aromatic heterocycles. The third kappa shape index (κ3) is 3.47. The van der Waals surface area contributed by atoms with Crippen LogP contribution in [0.15, 0.2) is 24.4 Å². The molecular weight excluding hydrogens is 374 g/mol. The number of hydrogen-bond acceptors (Lipinski definition) is 3. The lowest BCUT2D eigenvalue weighted by Crippen LogP contribution is -2.34. The van der Waals surface area contributed by atoms with Gasteiger partial charge in [-0.2, -0.15) is 0 Å². The van der Waals surface area contributed by atoms with Gasteiger partial charge in [-0.1, -0.05) is 12.1 Å². The summed E-state index contributed by atoms with van der Waals surface area (Å²) < 4.78 is 13.9. The molecule has 0 spiro atoms. The van der Waals surface area contributed by atoms with E-state index >= 15 is 0 Å². The molecule has 4 nitrogen and oxygen atoms in total. The molecule has 3 atom stereocenters. The van der Waals surface area contributed by atoms with Crippen LogP contribution in [0.25, 0.3) is 10.9 Å². The molecule has 3 aliphatic rings. The van der Waals surface area contributed by atoms with Crippen molar-refractivity contribution in [2.75, 3.05) is 7.11 Å². The molecule has 0 unspecified atom stereocenters. The first-order valence-corrected chi connectivity index (χ1v) is 11.9. The van der Waals surface area contributed by atoms with Crippen LogP contribution in [-0.2, 0) is 20.7 Å². The summed E-state index contributed by atoms with van der Waals surface area (Å²) in [5.74, 6) is 1.24. The molecule has 0 aliphatic heterocycles. The summed E-state index contributed by atoms with van der Waals surface area (Å²) >= 11 is 0. The summed E-state index contributed by atoms with van der Waals surface area (Å²) in [6.45, 7) is 4.51. The van der Waals surface area contributed by atoms with Crippen LogP contribution in [0.2, 0.25) is 0 Å². The summed E-state index contributed by atoms with van der Waals surface area (Å²) in [5.41, 5.74) is 4.33. The highest BCUT2D eigenvalue weighted by Crippen LogP contribution is 2.49. The maximum atomic E-state index is 13.0. The van der Waals surface area contributed by atoms with Crippen molar-refractivity contribution >= 4 is 16.9 Å². The molecule has 1 heterocycles. The average molecular weight is 410 g/mol. The number of aromatic nitrogens is 1. The fourth-order valence-electron chi connectivity index (χ4n) is 6.32. The van der Waals surface area contributed by atoms with Gasteiger partial charge in [-0.05, 0) is 94.2 Å². The van der Waals surface area contributed by atoms with Gasteiger partial charge in [-0.15, -0.1) is 0 Å². The van der Waals surface area contributed by atoms with Crippen LogP contribution in [-0.4, -0.2) is 29.9 Å². The van der Waals surface area contributed by atoms with Crippen LogP contribution in [0, 0.1) is 11.8 Å². The number of methoxy groups -OCH3 is 1. The number of rotatable bonds is 4. The van der Waals surface area contributed by atoms with Crippen LogP contribution in [0.3, 0.4) is 0 Å². The minimum absolute atomic E-state index is 0.0482. The van der Waals surface area contributed by atoms with Crippen molar-refractivity contribution < 1.29 is 14.3 Å². The van der Waals surface area contributed by atoms with Crippen molar-refractivity contribution in [3.05, 3.63) is 35.5 Å². The SMILES string of the molecule is COC1CCC(OC(=O)[C@H]2CC[C@@H]3Cc4cn(C(C)C)c5cccc(c45)[C@H]3C2)CC1. The number of ether oxygens (including phenoxy) is 2. The Bertz CT molecular complexity index is 922. The second kappa shape index (κ2) is 8.03. The van der Waals surface area contributed by atoms with Crippen LogP contribution >= 0.6 is 0 Å². The van der Waals surface area contributed by atoms with Gasteiger partial charge in [0.15, 0.2) is 0 Å². The zero-order valence-electron chi connectivity index (χ0n) is 18.6. The molecule has 30 heavy (non-hydrogen) atoms. The molecule has 5 rings (SSSR count). The number of fused-ring (bicyclic) bond motifs is 2. The van der Waals surface area contributed by atoms with Crippen molar-refractivity contribution in [1.82, 2.24) is 4.57 Å². The van der Waals surface area contributed by atoms with Crippen LogP contribution in [0.1, 0.15) is 81.9 Å². The van der Waals surface area contributed by atoms with E-state index in [0.29, 0.717) is 24.0 Å². The summed E-state index contributed by atoms with van der Waals surface area (Å²) in [7, 11) is 1.78. The fraction of sp³-hybridized carbons (Fsp3) is 0.654. The lowest BCUT2D eigenvalue weighted by Gasteiger charge is -2.39. The lowest BCUT2D eigenvalue weighted by molar-refractivity contribution is -0.158. The van der Waals surface area contributed by atoms with E-state index in [1.54, 1.807) is 7.11 Å². The van der Waals surface area contributed by atoms with E-state index in [0.717, 1.165) is 51.4 Å². The first-order chi connectivity index (χ1) is 14.5. The molecule has 162 valence electrons. The van der Waals surface area contributed by atoms with Gasteiger partial charge in [0.05, 0.1) is 12.0 Å². The zero-order chi connectivity index (χ0) is 20.8. The summed E-state index contributed by atoms with van der Waals surface area (Å²) in [4.78, 5) is 13.0. The number of carbonyl (C=O) groups excluding carboxylic acids is 1. The molecular formula is C26H35NO3. The Morgan fingerprint density at radius 2 is 1.83 bits per heavy atom. The first kappa shape index (κ1) is 20.1. The molecule has 2 saturated carbocycles. The largest absolute Gasteiger partial charge is 0.462 e. The van der Waals surface area contributed by atoms with Crippen molar-refractivity contribution in [2.24, 2.45) is 11.8 Å². The second-order valence-corrected chi connectivity index (χ2v) is 10.0. The molecule has 2 fully saturated rings. The first-order valence-electron chi connectivity index (χ1n) is 11.9. The highest BCUT2D eigenvalue weighted by Gasteiger charge is 2.40. The van der Waals surface area contributed by atoms with E-state index in [4.69, 9.17) is 9.47 Å². The Balaban J connectivity index is 1.33. The Morgan fingerprint density at radius 1 is 1.07 bits per heavy atom. The molecule has 0 saturated heterocycles. The van der Waals surface area contributed by atoms with Crippen molar-refractivity contribution in [1.29, 1.82) is 0 Å². The van der Waals surface area contributed by atoms with Crippen LogP contribution in [0.4, 0.5) is 0 Å². The standard InChI is InChI=1S/C26H35NO3/c1-16(2)27-15-19-13-17-7-8-18(14-23(17)22-5-4-6-24(27)25(19)22)26(28)30-21-11-9-20(29-3)10-12-21/h4-6,15-18,20-21,23H,7-14H2,1-3H3/t17-,18+,20?,21?,23+/m1/s1. The van der Waals surface area contributed by atoms with Gasteiger partial charge in [0.25, 0.3) is 0 Å². The number of benzene rings is 1. The topological polar surface area (TPSA) is 40.5 Å². The van der Waals surface area contributed by atoms with E-state index in [2.05, 4.69) is 42.8 Å². The molecule has 0 bridgehead atoms. The van der Waals surface area contributed by atoms with Gasteiger partial charge in [0.1, 0.15) is 6.10 Å². The third-order valence-corrected chi connectivity index (χ3v) is 7.97. The van der Waals surface area contributed by atoms with E-state index < -0.39 is 0 Å². The molecule has 0 radical (unpaired) electrons. The van der Waals surface area contributed by atoms with Crippen LogP contribution < -0.4 is 0 Å². The van der Waals surface area contributed by atoms with Crippen molar-refractivity contribution in [3.8, 4) is 0 Å². The third-order valence-electron chi connectivity index (χ3n) is 7.97. The molecule has 0 N–H and O–H groups in total. The summed E-state index contributed by atoms with van der Waals surface area (Å²) in [6.07, 6.45) is 10.9. The predicted octanol–water partition coefficient (Wildman–Crippen LogP) is 5.78. The van der Waals surface area contributed by atoms with Gasteiger partial charge >= 0.3 is 5.97 Å². The van der Waals surface area contributed by atoms with E-state index in [9.17, 15) is 4.79 Å².